The quantitative estimate of drug-likeness (QED) is 0.331. The highest BCUT2D eigenvalue weighted by molar-refractivity contribution is 4.39. The van der Waals surface area contributed by atoms with Crippen molar-refractivity contribution in [3.05, 3.63) is 0 Å². The highest BCUT2D eigenvalue weighted by Gasteiger charge is 2.05. The van der Waals surface area contributed by atoms with Crippen LogP contribution in [-0.2, 0) is 9.62 Å². The molecule has 0 fully saturated rings. The molecule has 0 amide bonds. The number of aliphatic hydroxyl groups excluding tert-OH is 1. The van der Waals surface area contributed by atoms with E-state index in [-0.39, 0.29) is 13.2 Å². The van der Waals surface area contributed by atoms with E-state index in [2.05, 4.69) is 4.89 Å². The number of rotatable bonds is 6. The fourth-order valence-electron chi connectivity index (χ4n) is 0.586. The van der Waals surface area contributed by atoms with Gasteiger partial charge in [0.05, 0.1) is 13.2 Å². The normalized spacial score (nSPS) is 13.5. The molecule has 0 aliphatic carbocycles. The number of hydrogen-bond acceptors (Lipinski definition) is 4. The van der Waals surface area contributed by atoms with E-state index in [9.17, 15) is 0 Å². The van der Waals surface area contributed by atoms with Gasteiger partial charge in [0.25, 0.3) is 0 Å². The van der Waals surface area contributed by atoms with Crippen LogP contribution in [-0.4, -0.2) is 29.9 Å². The summed E-state index contributed by atoms with van der Waals surface area (Å²) in [7, 11) is 0. The Kier molecular flexibility index (Phi) is 6.84. The molecule has 0 aromatic heterocycles. The van der Waals surface area contributed by atoms with Crippen molar-refractivity contribution < 1.29 is 20.0 Å². The van der Waals surface area contributed by atoms with E-state index in [0.29, 0.717) is 6.42 Å². The molecule has 0 bridgehead atoms. The zero-order valence-electron chi connectivity index (χ0n) is 6.12. The van der Waals surface area contributed by atoms with Gasteiger partial charge in [-0.25, -0.2) is 10.1 Å². The third kappa shape index (κ3) is 4.69. The van der Waals surface area contributed by atoms with Gasteiger partial charge in [0, 0.05) is 6.42 Å². The lowest BCUT2D eigenvalue weighted by Crippen LogP contribution is -2.17. The van der Waals surface area contributed by atoms with Gasteiger partial charge in [-0.1, -0.05) is 13.3 Å². The first-order chi connectivity index (χ1) is 4.85. The van der Waals surface area contributed by atoms with Crippen LogP contribution in [0.3, 0.4) is 0 Å². The van der Waals surface area contributed by atoms with E-state index in [0.717, 1.165) is 6.42 Å². The van der Waals surface area contributed by atoms with Gasteiger partial charge in [-0.3, -0.25) is 0 Å². The van der Waals surface area contributed by atoms with Gasteiger partial charge in [0.2, 0.25) is 0 Å². The van der Waals surface area contributed by atoms with E-state index in [1.165, 1.54) is 0 Å². The van der Waals surface area contributed by atoms with E-state index in [1.54, 1.807) is 0 Å². The summed E-state index contributed by atoms with van der Waals surface area (Å²) in [4.78, 5) is 3.96. The molecule has 0 aromatic rings. The maximum Gasteiger partial charge on any atom is 0.190 e. The van der Waals surface area contributed by atoms with E-state index >= 15 is 0 Å². The Bertz CT molecular complexity index is 66.8. The minimum absolute atomic E-state index is 0.0520. The molecular weight excluding hydrogens is 136 g/mol. The molecule has 2 N–H and O–H groups in total. The van der Waals surface area contributed by atoms with Gasteiger partial charge in [-0.15, -0.1) is 0 Å². The van der Waals surface area contributed by atoms with E-state index < -0.39 is 6.29 Å². The average Bonchev–Trinajstić information content (AvgIpc) is 1.98. The topological polar surface area (TPSA) is 58.9 Å². The molecule has 0 radical (unpaired) electrons. The summed E-state index contributed by atoms with van der Waals surface area (Å²) in [6, 6.07) is 0. The Balaban J connectivity index is 3.21. The first kappa shape index (κ1) is 9.84. The van der Waals surface area contributed by atoms with Crippen molar-refractivity contribution in [2.45, 2.75) is 26.1 Å². The second-order valence-corrected chi connectivity index (χ2v) is 1.92. The lowest BCUT2D eigenvalue weighted by Gasteiger charge is -2.11. The third-order valence-electron chi connectivity index (χ3n) is 1.04. The minimum Gasteiger partial charge on any atom is -0.394 e. The fourth-order valence-corrected chi connectivity index (χ4v) is 0.586. The van der Waals surface area contributed by atoms with Crippen LogP contribution >= 0.6 is 0 Å². The van der Waals surface area contributed by atoms with E-state index in [1.807, 2.05) is 6.92 Å². The van der Waals surface area contributed by atoms with Crippen molar-refractivity contribution in [2.24, 2.45) is 0 Å². The minimum atomic E-state index is -0.586. The summed E-state index contributed by atoms with van der Waals surface area (Å²) in [5, 5.41) is 16.5. The second-order valence-electron chi connectivity index (χ2n) is 1.92. The van der Waals surface area contributed by atoms with E-state index in [4.69, 9.17) is 15.1 Å². The molecule has 0 spiro atoms. The van der Waals surface area contributed by atoms with Crippen LogP contribution < -0.4 is 0 Å². The molecule has 1 atom stereocenters. The maximum absolute atomic E-state index is 8.32. The zero-order chi connectivity index (χ0) is 7.82. The first-order valence-electron chi connectivity index (χ1n) is 3.37. The molecular formula is C6H14O4. The standard InChI is InChI=1S/C6H14O4/c1-2-3-6(10-8)9-5-4-7/h6-8H,2-5H2,1H3. The van der Waals surface area contributed by atoms with Crippen LogP contribution in [0.4, 0.5) is 0 Å². The summed E-state index contributed by atoms with van der Waals surface area (Å²) in [5.74, 6) is 0. The summed E-state index contributed by atoms with van der Waals surface area (Å²) >= 11 is 0. The Hall–Kier alpha value is -0.160. The van der Waals surface area contributed by atoms with Crippen molar-refractivity contribution in [2.75, 3.05) is 13.2 Å². The van der Waals surface area contributed by atoms with Crippen LogP contribution in [0, 0.1) is 0 Å². The first-order valence-corrected chi connectivity index (χ1v) is 3.37. The van der Waals surface area contributed by atoms with Crippen LogP contribution in [0.15, 0.2) is 0 Å². The number of ether oxygens (including phenoxy) is 1. The predicted molar refractivity (Wildman–Crippen MR) is 35.4 cm³/mol. The molecule has 0 rings (SSSR count). The van der Waals surface area contributed by atoms with Gasteiger partial charge < -0.3 is 9.84 Å². The summed E-state index contributed by atoms with van der Waals surface area (Å²) in [5.41, 5.74) is 0. The monoisotopic (exact) mass is 150 g/mol. The van der Waals surface area contributed by atoms with Crippen molar-refractivity contribution in [3.8, 4) is 0 Å². The molecule has 0 aliphatic rings. The molecule has 10 heavy (non-hydrogen) atoms. The zero-order valence-corrected chi connectivity index (χ0v) is 6.12. The van der Waals surface area contributed by atoms with Gasteiger partial charge in [0.1, 0.15) is 0 Å². The summed E-state index contributed by atoms with van der Waals surface area (Å²) in [6.07, 6.45) is 0.921. The molecule has 1 unspecified atom stereocenters. The van der Waals surface area contributed by atoms with Crippen LogP contribution in [0.1, 0.15) is 19.8 Å². The third-order valence-corrected chi connectivity index (χ3v) is 1.04. The fraction of sp³-hybridized carbons (Fsp3) is 1.00. The van der Waals surface area contributed by atoms with Crippen LogP contribution in [0.2, 0.25) is 0 Å². The molecule has 62 valence electrons. The Morgan fingerprint density at radius 2 is 2.20 bits per heavy atom. The van der Waals surface area contributed by atoms with Gasteiger partial charge in [0.15, 0.2) is 6.29 Å². The smallest absolute Gasteiger partial charge is 0.190 e. The number of hydrogen-bond donors (Lipinski definition) is 2. The van der Waals surface area contributed by atoms with Crippen molar-refractivity contribution in [1.82, 2.24) is 0 Å². The predicted octanol–water partition coefficient (Wildman–Crippen LogP) is 0.611. The molecule has 0 saturated heterocycles. The molecule has 0 aromatic carbocycles. The molecule has 0 saturated carbocycles. The largest absolute Gasteiger partial charge is 0.394 e. The highest BCUT2D eigenvalue weighted by atomic mass is 17.1. The molecule has 4 heteroatoms. The Morgan fingerprint density at radius 3 is 2.60 bits per heavy atom. The summed E-state index contributed by atoms with van der Waals surface area (Å²) in [6.45, 7) is 2.10. The molecule has 0 heterocycles. The lowest BCUT2D eigenvalue weighted by atomic mass is 10.3. The van der Waals surface area contributed by atoms with Crippen molar-refractivity contribution in [3.63, 3.8) is 0 Å². The Morgan fingerprint density at radius 1 is 1.50 bits per heavy atom. The lowest BCUT2D eigenvalue weighted by molar-refractivity contribution is -0.347. The van der Waals surface area contributed by atoms with Crippen molar-refractivity contribution >= 4 is 0 Å². The van der Waals surface area contributed by atoms with Gasteiger partial charge in [-0.05, 0) is 0 Å². The number of aliphatic hydroxyl groups is 1. The van der Waals surface area contributed by atoms with Crippen LogP contribution in [0.25, 0.3) is 0 Å². The Labute approximate surface area is 60.3 Å². The van der Waals surface area contributed by atoms with Crippen LogP contribution in [0.5, 0.6) is 0 Å². The summed E-state index contributed by atoms with van der Waals surface area (Å²) < 4.78 is 4.86. The molecule has 0 aliphatic heterocycles. The van der Waals surface area contributed by atoms with Gasteiger partial charge in [-0.2, -0.15) is 0 Å². The second kappa shape index (κ2) is 6.95. The SMILES string of the molecule is CCCC(OO)OCCO. The molecule has 4 nitrogen and oxygen atoms in total. The highest BCUT2D eigenvalue weighted by Crippen LogP contribution is 2.01. The average molecular weight is 150 g/mol. The maximum atomic E-state index is 8.32. The van der Waals surface area contributed by atoms with Gasteiger partial charge >= 0.3 is 0 Å². The van der Waals surface area contributed by atoms with Crippen molar-refractivity contribution in [1.29, 1.82) is 0 Å².